The molecule has 2 aliphatic heterocycles. The molecule has 30 heavy (non-hydrogen) atoms. The lowest BCUT2D eigenvalue weighted by Crippen LogP contribution is -2.37. The predicted molar refractivity (Wildman–Crippen MR) is 100 cm³/mol. The van der Waals surface area contributed by atoms with Gasteiger partial charge in [0.2, 0.25) is 0 Å². The van der Waals surface area contributed by atoms with Gasteiger partial charge < -0.3 is 19.3 Å². The van der Waals surface area contributed by atoms with Crippen molar-refractivity contribution in [3.05, 3.63) is 41.2 Å². The van der Waals surface area contributed by atoms with Gasteiger partial charge in [-0.2, -0.15) is 13.2 Å². The zero-order chi connectivity index (χ0) is 21.5. The Morgan fingerprint density at radius 3 is 2.57 bits per heavy atom. The molecule has 0 radical (unpaired) electrons. The van der Waals surface area contributed by atoms with Crippen molar-refractivity contribution >= 4 is 11.7 Å². The number of fused-ring (bicyclic) bond motifs is 1. The smallest absolute Gasteiger partial charge is 0.406 e. The third-order valence-corrected chi connectivity index (χ3v) is 5.10. The Morgan fingerprint density at radius 1 is 1.17 bits per heavy atom. The number of methoxy groups -OCH3 is 1. The number of ether oxygens (including phenoxy) is 2. The van der Waals surface area contributed by atoms with Crippen LogP contribution in [0.2, 0.25) is 0 Å². The molecule has 1 fully saturated rings. The minimum Gasteiger partial charge on any atom is -0.496 e. The lowest BCUT2D eigenvalue weighted by atomic mass is 10.0. The molecule has 1 aromatic carbocycles. The van der Waals surface area contributed by atoms with E-state index in [9.17, 15) is 22.4 Å². The zero-order valence-corrected chi connectivity index (χ0v) is 16.1. The van der Waals surface area contributed by atoms with Crippen LogP contribution in [0.15, 0.2) is 24.3 Å². The van der Waals surface area contributed by atoms with Gasteiger partial charge in [-0.15, -0.1) is 0 Å². The molecule has 160 valence electrons. The molecule has 0 aliphatic carbocycles. The molecule has 0 atom stereocenters. The highest BCUT2D eigenvalue weighted by atomic mass is 19.4. The Balaban J connectivity index is 1.84. The second kappa shape index (κ2) is 7.75. The number of hydrogen-bond donors (Lipinski definition) is 0. The summed E-state index contributed by atoms with van der Waals surface area (Å²) in [6, 6.07) is 5.38. The number of benzene rings is 1. The van der Waals surface area contributed by atoms with Gasteiger partial charge >= 0.3 is 6.18 Å². The minimum absolute atomic E-state index is 0.164. The molecule has 4 rings (SSSR count). The van der Waals surface area contributed by atoms with Gasteiger partial charge in [0.1, 0.15) is 23.9 Å². The number of rotatable bonds is 4. The first-order chi connectivity index (χ1) is 14.3. The standard InChI is InChI=1S/C20H19F4N3O3/c1-29-16-8-12(21)2-3-13(16)18-15-10-27(11-20(22,23)24)19(28)14(15)9-17(25-18)26-4-6-30-7-5-26/h2-3,8-9H,4-7,10-11H2,1H3. The summed E-state index contributed by atoms with van der Waals surface area (Å²) in [5.74, 6) is -0.584. The van der Waals surface area contributed by atoms with Crippen molar-refractivity contribution < 1.29 is 31.8 Å². The van der Waals surface area contributed by atoms with Crippen molar-refractivity contribution in [2.75, 3.05) is 44.9 Å². The van der Waals surface area contributed by atoms with Crippen LogP contribution < -0.4 is 9.64 Å². The Hall–Kier alpha value is -2.88. The van der Waals surface area contributed by atoms with Gasteiger partial charge in [0, 0.05) is 36.8 Å². The van der Waals surface area contributed by atoms with Crippen LogP contribution in [0, 0.1) is 5.82 Å². The maximum atomic E-state index is 13.7. The summed E-state index contributed by atoms with van der Waals surface area (Å²) in [7, 11) is 1.37. The predicted octanol–water partition coefficient (Wildman–Crippen LogP) is 3.25. The van der Waals surface area contributed by atoms with E-state index in [0.717, 1.165) is 4.90 Å². The molecular formula is C20H19F4N3O3. The number of nitrogens with zero attached hydrogens (tertiary/aromatic N) is 3. The molecule has 1 aromatic heterocycles. The number of hydrogen-bond acceptors (Lipinski definition) is 5. The number of carbonyl (C=O) groups is 1. The van der Waals surface area contributed by atoms with Gasteiger partial charge in [0.05, 0.1) is 31.6 Å². The summed E-state index contributed by atoms with van der Waals surface area (Å²) < 4.78 is 63.2. The van der Waals surface area contributed by atoms with Crippen LogP contribution in [0.25, 0.3) is 11.3 Å². The normalized spacial score (nSPS) is 16.8. The number of carbonyl (C=O) groups excluding carboxylic acids is 1. The average molecular weight is 425 g/mol. The Labute approximate surface area is 170 Å². The van der Waals surface area contributed by atoms with Crippen molar-refractivity contribution in [1.29, 1.82) is 0 Å². The quantitative estimate of drug-likeness (QED) is 0.704. The van der Waals surface area contributed by atoms with Gasteiger partial charge in [-0.25, -0.2) is 9.37 Å². The van der Waals surface area contributed by atoms with Crippen molar-refractivity contribution in [2.45, 2.75) is 12.7 Å². The lowest BCUT2D eigenvalue weighted by Gasteiger charge is -2.28. The Kier molecular flexibility index (Phi) is 5.27. The van der Waals surface area contributed by atoms with E-state index in [1.807, 2.05) is 4.90 Å². The minimum atomic E-state index is -4.52. The Bertz CT molecular complexity index is 974. The number of pyridine rings is 1. The molecule has 1 amide bonds. The molecule has 6 nitrogen and oxygen atoms in total. The molecule has 0 N–H and O–H groups in total. The first kappa shape index (κ1) is 20.4. The van der Waals surface area contributed by atoms with Crippen LogP contribution in [-0.4, -0.2) is 61.9 Å². The second-order valence-corrected chi connectivity index (χ2v) is 7.08. The summed E-state index contributed by atoms with van der Waals surface area (Å²) in [6.07, 6.45) is -4.52. The average Bonchev–Trinajstić information content (AvgIpc) is 3.02. The summed E-state index contributed by atoms with van der Waals surface area (Å²) >= 11 is 0. The zero-order valence-electron chi connectivity index (χ0n) is 16.1. The molecule has 0 bridgehead atoms. The topological polar surface area (TPSA) is 54.9 Å². The van der Waals surface area contributed by atoms with Crippen LogP contribution in [0.3, 0.4) is 0 Å². The SMILES string of the molecule is COc1cc(F)ccc1-c1nc(N2CCOCC2)cc2c1CN(CC(F)(F)F)C2=O. The largest absolute Gasteiger partial charge is 0.496 e. The first-order valence-corrected chi connectivity index (χ1v) is 9.33. The van der Waals surface area contributed by atoms with E-state index in [-0.39, 0.29) is 17.9 Å². The Morgan fingerprint density at radius 2 is 1.90 bits per heavy atom. The number of anilines is 1. The fourth-order valence-electron chi connectivity index (χ4n) is 3.72. The van der Waals surface area contributed by atoms with Gasteiger partial charge in [-0.3, -0.25) is 4.79 Å². The van der Waals surface area contributed by atoms with Crippen molar-refractivity contribution in [2.24, 2.45) is 0 Å². The number of aromatic nitrogens is 1. The van der Waals surface area contributed by atoms with E-state index in [2.05, 4.69) is 4.98 Å². The van der Waals surface area contributed by atoms with E-state index < -0.39 is 24.4 Å². The molecule has 3 heterocycles. The van der Waals surface area contributed by atoms with E-state index in [1.54, 1.807) is 0 Å². The first-order valence-electron chi connectivity index (χ1n) is 9.33. The van der Waals surface area contributed by atoms with E-state index in [0.29, 0.717) is 48.9 Å². The summed E-state index contributed by atoms with van der Waals surface area (Å²) in [5.41, 5.74) is 1.25. The molecule has 0 spiro atoms. The maximum absolute atomic E-state index is 13.7. The fraction of sp³-hybridized carbons (Fsp3) is 0.400. The maximum Gasteiger partial charge on any atom is 0.406 e. The van der Waals surface area contributed by atoms with Gasteiger partial charge in [-0.1, -0.05) is 0 Å². The van der Waals surface area contributed by atoms with Crippen LogP contribution in [-0.2, 0) is 11.3 Å². The van der Waals surface area contributed by atoms with Crippen LogP contribution in [0.4, 0.5) is 23.4 Å². The van der Waals surface area contributed by atoms with Gasteiger partial charge in [-0.05, 0) is 18.2 Å². The number of amides is 1. The molecule has 10 heteroatoms. The van der Waals surface area contributed by atoms with Crippen molar-refractivity contribution in [1.82, 2.24) is 9.88 Å². The van der Waals surface area contributed by atoms with E-state index >= 15 is 0 Å². The van der Waals surface area contributed by atoms with E-state index in [4.69, 9.17) is 9.47 Å². The molecule has 0 saturated carbocycles. The summed E-state index contributed by atoms with van der Waals surface area (Å²) in [6.45, 7) is 0.427. The second-order valence-electron chi connectivity index (χ2n) is 7.08. The highest BCUT2D eigenvalue weighted by molar-refractivity contribution is 6.01. The molecular weight excluding hydrogens is 406 g/mol. The lowest BCUT2D eigenvalue weighted by molar-refractivity contribution is -0.140. The molecule has 2 aliphatic rings. The fourth-order valence-corrected chi connectivity index (χ4v) is 3.72. The van der Waals surface area contributed by atoms with Crippen molar-refractivity contribution in [3.63, 3.8) is 0 Å². The van der Waals surface area contributed by atoms with E-state index in [1.165, 1.54) is 31.4 Å². The van der Waals surface area contributed by atoms with Crippen LogP contribution in [0.5, 0.6) is 5.75 Å². The highest BCUT2D eigenvalue weighted by Gasteiger charge is 2.39. The molecule has 0 unspecified atom stereocenters. The third kappa shape index (κ3) is 3.91. The monoisotopic (exact) mass is 425 g/mol. The molecule has 2 aromatic rings. The van der Waals surface area contributed by atoms with Crippen molar-refractivity contribution in [3.8, 4) is 17.0 Å². The number of alkyl halides is 3. The summed E-state index contributed by atoms with van der Waals surface area (Å²) in [5, 5.41) is 0. The van der Waals surface area contributed by atoms with Crippen LogP contribution in [0.1, 0.15) is 15.9 Å². The highest BCUT2D eigenvalue weighted by Crippen LogP contribution is 2.39. The summed E-state index contributed by atoms with van der Waals surface area (Å²) in [4.78, 5) is 20.1. The number of morpholine rings is 1. The van der Waals surface area contributed by atoms with Crippen LogP contribution >= 0.6 is 0 Å². The third-order valence-electron chi connectivity index (χ3n) is 5.10. The van der Waals surface area contributed by atoms with Gasteiger partial charge in [0.25, 0.3) is 5.91 Å². The number of halogens is 4. The van der Waals surface area contributed by atoms with Gasteiger partial charge in [0.15, 0.2) is 0 Å². The molecule has 1 saturated heterocycles.